The van der Waals surface area contributed by atoms with Crippen LogP contribution in [0.2, 0.25) is 0 Å². The Labute approximate surface area is 111 Å². The van der Waals surface area contributed by atoms with Gasteiger partial charge in [0.2, 0.25) is 5.91 Å². The fourth-order valence-electron chi connectivity index (χ4n) is 2.75. The lowest BCUT2D eigenvalue weighted by molar-refractivity contribution is -0.132. The maximum Gasteiger partial charge on any atom is 0.233 e. The van der Waals surface area contributed by atoms with Crippen molar-refractivity contribution in [3.05, 3.63) is 34.3 Å². The van der Waals surface area contributed by atoms with E-state index < -0.39 is 0 Å². The summed E-state index contributed by atoms with van der Waals surface area (Å²) in [4.78, 5) is 14.3. The molecule has 1 aliphatic rings. The zero-order valence-electron chi connectivity index (χ0n) is 10.7. The fraction of sp³-hybridized carbons (Fsp3) is 0.500. The summed E-state index contributed by atoms with van der Waals surface area (Å²) in [7, 11) is 1.90. The van der Waals surface area contributed by atoms with Gasteiger partial charge in [0, 0.05) is 17.1 Å². The molecular weight excluding hydrogens is 278 g/mol. The highest BCUT2D eigenvalue weighted by molar-refractivity contribution is 9.10. The van der Waals surface area contributed by atoms with Gasteiger partial charge in [0.15, 0.2) is 0 Å². The number of hydrogen-bond acceptors (Lipinski definition) is 1. The lowest BCUT2D eigenvalue weighted by Gasteiger charge is -2.26. The molecular formula is C14H18BrNO. The van der Waals surface area contributed by atoms with Gasteiger partial charge in [0.05, 0.1) is 5.41 Å². The van der Waals surface area contributed by atoms with Crippen LogP contribution in [0, 0.1) is 0 Å². The Hall–Kier alpha value is -0.830. The minimum atomic E-state index is -0.390. The average Bonchev–Trinajstić information content (AvgIpc) is 2.41. The molecule has 0 bridgehead atoms. The van der Waals surface area contributed by atoms with Crippen LogP contribution in [0.5, 0.6) is 0 Å². The predicted octanol–water partition coefficient (Wildman–Crippen LogP) is 3.35. The van der Waals surface area contributed by atoms with Crippen molar-refractivity contribution in [3.63, 3.8) is 0 Å². The minimum Gasteiger partial charge on any atom is -0.340 e. The summed E-state index contributed by atoms with van der Waals surface area (Å²) in [6, 6.07) is 8.08. The second-order valence-corrected chi connectivity index (χ2v) is 6.61. The van der Waals surface area contributed by atoms with Crippen LogP contribution in [-0.4, -0.2) is 23.4 Å². The molecule has 0 aliphatic carbocycles. The van der Waals surface area contributed by atoms with Crippen LogP contribution >= 0.6 is 15.9 Å². The molecule has 0 aromatic heterocycles. The van der Waals surface area contributed by atoms with Gasteiger partial charge in [-0.05, 0) is 44.9 Å². The van der Waals surface area contributed by atoms with Gasteiger partial charge in [-0.3, -0.25) is 4.79 Å². The van der Waals surface area contributed by atoms with E-state index in [2.05, 4.69) is 29.8 Å². The van der Waals surface area contributed by atoms with E-state index in [1.807, 2.05) is 43.1 Å². The van der Waals surface area contributed by atoms with Gasteiger partial charge in [0.1, 0.15) is 0 Å². The molecule has 1 fully saturated rings. The third-order valence-corrected chi connectivity index (χ3v) is 4.48. The molecule has 17 heavy (non-hydrogen) atoms. The molecule has 1 amide bonds. The van der Waals surface area contributed by atoms with Crippen molar-refractivity contribution in [1.29, 1.82) is 0 Å². The predicted molar refractivity (Wildman–Crippen MR) is 73.0 cm³/mol. The molecule has 1 aliphatic heterocycles. The first-order valence-corrected chi connectivity index (χ1v) is 6.61. The van der Waals surface area contributed by atoms with Crippen LogP contribution in [-0.2, 0) is 10.2 Å². The van der Waals surface area contributed by atoms with E-state index in [0.29, 0.717) is 0 Å². The molecule has 0 spiro atoms. The Morgan fingerprint density at radius 1 is 1.18 bits per heavy atom. The van der Waals surface area contributed by atoms with Crippen LogP contribution in [0.4, 0.5) is 0 Å². The van der Waals surface area contributed by atoms with Crippen LogP contribution in [0.1, 0.15) is 32.8 Å². The highest BCUT2D eigenvalue weighted by Gasteiger charge is 2.51. The van der Waals surface area contributed by atoms with Gasteiger partial charge < -0.3 is 4.90 Å². The first-order chi connectivity index (χ1) is 7.77. The Morgan fingerprint density at radius 2 is 1.71 bits per heavy atom. The Kier molecular flexibility index (Phi) is 2.85. The molecule has 0 N–H and O–H groups in total. The van der Waals surface area contributed by atoms with E-state index in [0.717, 1.165) is 16.5 Å². The monoisotopic (exact) mass is 295 g/mol. The third kappa shape index (κ3) is 1.90. The zero-order chi connectivity index (χ0) is 12.8. The lowest BCUT2D eigenvalue weighted by atomic mass is 9.77. The average molecular weight is 296 g/mol. The van der Waals surface area contributed by atoms with E-state index in [9.17, 15) is 4.79 Å². The molecule has 1 heterocycles. The van der Waals surface area contributed by atoms with Gasteiger partial charge >= 0.3 is 0 Å². The number of benzene rings is 1. The molecule has 0 saturated carbocycles. The molecule has 1 atom stereocenters. The number of amides is 1. The molecule has 92 valence electrons. The second kappa shape index (κ2) is 3.84. The summed E-state index contributed by atoms with van der Waals surface area (Å²) in [5.41, 5.74) is 0.640. The van der Waals surface area contributed by atoms with E-state index in [-0.39, 0.29) is 16.9 Å². The third-order valence-electron chi connectivity index (χ3n) is 3.95. The van der Waals surface area contributed by atoms with Gasteiger partial charge in [-0.1, -0.05) is 28.1 Å². The Balaban J connectivity index is 2.44. The number of carbonyl (C=O) groups is 1. The van der Waals surface area contributed by atoms with E-state index in [1.165, 1.54) is 0 Å². The Morgan fingerprint density at radius 3 is 2.12 bits per heavy atom. The first-order valence-electron chi connectivity index (χ1n) is 5.82. The largest absolute Gasteiger partial charge is 0.340 e. The van der Waals surface area contributed by atoms with Gasteiger partial charge in [-0.15, -0.1) is 0 Å². The van der Waals surface area contributed by atoms with Crippen molar-refractivity contribution in [2.45, 2.75) is 38.1 Å². The molecule has 1 aromatic carbocycles. The van der Waals surface area contributed by atoms with Crippen molar-refractivity contribution in [1.82, 2.24) is 4.90 Å². The van der Waals surface area contributed by atoms with E-state index in [4.69, 9.17) is 0 Å². The smallest absolute Gasteiger partial charge is 0.233 e. The van der Waals surface area contributed by atoms with Gasteiger partial charge in [-0.25, -0.2) is 0 Å². The van der Waals surface area contributed by atoms with E-state index >= 15 is 0 Å². The number of nitrogens with zero attached hydrogens (tertiary/aromatic N) is 1. The normalized spacial score (nSPS) is 27.6. The summed E-state index contributed by atoms with van der Waals surface area (Å²) in [5, 5.41) is 0. The highest BCUT2D eigenvalue weighted by atomic mass is 79.9. The molecule has 0 radical (unpaired) electrons. The summed E-state index contributed by atoms with van der Waals surface area (Å²) in [6.07, 6.45) is 0.858. The summed E-state index contributed by atoms with van der Waals surface area (Å²) >= 11 is 3.43. The number of carbonyl (C=O) groups excluding carboxylic acids is 1. The van der Waals surface area contributed by atoms with Crippen molar-refractivity contribution < 1.29 is 4.79 Å². The Bertz CT molecular complexity index is 452. The van der Waals surface area contributed by atoms with Crippen LogP contribution < -0.4 is 0 Å². The molecule has 1 aromatic rings. The second-order valence-electron chi connectivity index (χ2n) is 5.69. The minimum absolute atomic E-state index is 0.0705. The van der Waals surface area contributed by atoms with Crippen molar-refractivity contribution in [2.24, 2.45) is 0 Å². The molecule has 2 rings (SSSR count). The van der Waals surface area contributed by atoms with Crippen molar-refractivity contribution >= 4 is 21.8 Å². The lowest BCUT2D eigenvalue weighted by Crippen LogP contribution is -2.38. The first kappa shape index (κ1) is 12.6. The number of hydrogen-bond donors (Lipinski definition) is 0. The number of rotatable bonds is 1. The maximum atomic E-state index is 12.4. The molecule has 2 nitrogen and oxygen atoms in total. The van der Waals surface area contributed by atoms with Crippen molar-refractivity contribution in [3.8, 4) is 0 Å². The number of halogens is 1. The quantitative estimate of drug-likeness (QED) is 0.778. The highest BCUT2D eigenvalue weighted by Crippen LogP contribution is 2.43. The standard InChI is InChI=1S/C14H18BrNO/c1-13(2)9-14(3,12(17)16(13)4)10-5-7-11(15)8-6-10/h5-8H,9H2,1-4H3. The van der Waals surface area contributed by atoms with Gasteiger partial charge in [-0.2, -0.15) is 0 Å². The number of likely N-dealkylation sites (tertiary alicyclic amines) is 1. The topological polar surface area (TPSA) is 20.3 Å². The number of likely N-dealkylation sites (N-methyl/N-ethyl adjacent to an activating group) is 1. The molecule has 1 unspecified atom stereocenters. The van der Waals surface area contributed by atoms with E-state index in [1.54, 1.807) is 0 Å². The summed E-state index contributed by atoms with van der Waals surface area (Å²) in [6.45, 7) is 6.29. The molecule has 3 heteroatoms. The summed E-state index contributed by atoms with van der Waals surface area (Å²) < 4.78 is 1.04. The SMILES string of the molecule is CN1C(=O)C(C)(c2ccc(Br)cc2)CC1(C)C. The zero-order valence-corrected chi connectivity index (χ0v) is 12.3. The fourth-order valence-corrected chi connectivity index (χ4v) is 3.01. The van der Waals surface area contributed by atoms with Gasteiger partial charge in [0.25, 0.3) is 0 Å². The summed E-state index contributed by atoms with van der Waals surface area (Å²) in [5.74, 6) is 0.213. The van der Waals surface area contributed by atoms with Crippen LogP contribution in [0.3, 0.4) is 0 Å². The molecule has 1 saturated heterocycles. The van der Waals surface area contributed by atoms with Crippen molar-refractivity contribution in [2.75, 3.05) is 7.05 Å². The maximum absolute atomic E-state index is 12.4. The van der Waals surface area contributed by atoms with Crippen LogP contribution in [0.15, 0.2) is 28.7 Å². The van der Waals surface area contributed by atoms with Crippen LogP contribution in [0.25, 0.3) is 0 Å².